The van der Waals surface area contributed by atoms with Gasteiger partial charge in [-0.25, -0.2) is 0 Å². The van der Waals surface area contributed by atoms with E-state index in [0.29, 0.717) is 19.5 Å². The van der Waals surface area contributed by atoms with E-state index in [9.17, 15) is 9.59 Å². The molecule has 4 rings (SSSR count). The molecule has 0 bridgehead atoms. The average Bonchev–Trinajstić information content (AvgIpc) is 3.32. The molecule has 0 saturated carbocycles. The van der Waals surface area contributed by atoms with Gasteiger partial charge >= 0.3 is 0 Å². The monoisotopic (exact) mass is 432 g/mol. The van der Waals surface area contributed by atoms with Gasteiger partial charge in [0.05, 0.1) is 18.4 Å². The summed E-state index contributed by atoms with van der Waals surface area (Å²) in [6, 6.07) is 24.2. The van der Waals surface area contributed by atoms with E-state index in [1.54, 1.807) is 16.2 Å². The molecule has 2 unspecified atom stereocenters. The molecule has 3 aromatic rings. The van der Waals surface area contributed by atoms with E-state index >= 15 is 0 Å². The predicted octanol–water partition coefficient (Wildman–Crippen LogP) is 4.93. The maximum atomic E-state index is 13.3. The minimum absolute atomic E-state index is 0.0251. The third-order valence-corrected chi connectivity index (χ3v) is 6.86. The van der Waals surface area contributed by atoms with E-state index in [2.05, 4.69) is 12.1 Å². The first-order valence-electron chi connectivity index (χ1n) is 10.8. The molecule has 1 aliphatic heterocycles. The molecule has 2 heterocycles. The lowest BCUT2D eigenvalue weighted by Crippen LogP contribution is -2.47. The number of thiophene rings is 1. The minimum atomic E-state index is -0.166. The first-order chi connectivity index (χ1) is 15.1. The number of likely N-dealkylation sites (tertiary alicyclic amines) is 1. The molecule has 0 spiro atoms. The number of hydrogen-bond donors (Lipinski definition) is 0. The second kappa shape index (κ2) is 9.92. The van der Waals surface area contributed by atoms with Crippen molar-refractivity contribution >= 4 is 23.2 Å². The Morgan fingerprint density at radius 1 is 0.968 bits per heavy atom. The lowest BCUT2D eigenvalue weighted by molar-refractivity contribution is -0.142. The van der Waals surface area contributed by atoms with Crippen molar-refractivity contribution in [1.82, 2.24) is 9.80 Å². The zero-order valence-corrected chi connectivity index (χ0v) is 18.6. The van der Waals surface area contributed by atoms with Crippen LogP contribution in [0.2, 0.25) is 0 Å². The van der Waals surface area contributed by atoms with E-state index in [1.807, 2.05) is 78.0 Å². The molecule has 1 fully saturated rings. The van der Waals surface area contributed by atoms with Crippen molar-refractivity contribution in [3.63, 3.8) is 0 Å². The summed E-state index contributed by atoms with van der Waals surface area (Å²) in [5, 5.41) is 2.00. The van der Waals surface area contributed by atoms with Crippen LogP contribution in [-0.2, 0) is 22.6 Å². The number of carbonyl (C=O) groups excluding carboxylic acids is 2. The van der Waals surface area contributed by atoms with E-state index < -0.39 is 0 Å². The lowest BCUT2D eigenvalue weighted by Gasteiger charge is -2.40. The first kappa shape index (κ1) is 21.3. The number of nitrogens with zero attached hydrogens (tertiary/aromatic N) is 2. The van der Waals surface area contributed by atoms with Crippen LogP contribution in [0.4, 0.5) is 0 Å². The van der Waals surface area contributed by atoms with Gasteiger partial charge in [-0.15, -0.1) is 11.3 Å². The van der Waals surface area contributed by atoms with Gasteiger partial charge in [0.2, 0.25) is 11.8 Å². The van der Waals surface area contributed by atoms with Crippen LogP contribution in [0.5, 0.6) is 0 Å². The normalized spacial score (nSPS) is 18.5. The zero-order chi connectivity index (χ0) is 21.6. The number of rotatable bonds is 6. The lowest BCUT2D eigenvalue weighted by atomic mass is 9.87. The highest BCUT2D eigenvalue weighted by Crippen LogP contribution is 2.35. The summed E-state index contributed by atoms with van der Waals surface area (Å²) < 4.78 is 0. The fourth-order valence-corrected chi connectivity index (χ4v) is 5.08. The highest BCUT2D eigenvalue weighted by atomic mass is 32.1. The fourth-order valence-electron chi connectivity index (χ4n) is 4.38. The number of piperidine rings is 1. The molecule has 0 N–H and O–H groups in total. The molecular weight excluding hydrogens is 404 g/mol. The van der Waals surface area contributed by atoms with Crippen molar-refractivity contribution in [1.29, 1.82) is 0 Å². The Bertz CT molecular complexity index is 989. The summed E-state index contributed by atoms with van der Waals surface area (Å²) >= 11 is 1.60. The van der Waals surface area contributed by atoms with Gasteiger partial charge in [-0.05, 0) is 35.4 Å². The Labute approximate surface area is 188 Å². The Kier molecular flexibility index (Phi) is 6.82. The standard InChI is InChI=1S/C26H28N2O2S/c1-27(18-20-9-4-2-5-10-20)26(30)22-14-15-24(21-11-6-3-7-12-21)28(19-22)25(29)17-23-13-8-16-31-23/h2-13,16,22,24H,14-15,17-19H2,1H3. The van der Waals surface area contributed by atoms with Crippen LogP contribution >= 0.6 is 11.3 Å². The zero-order valence-electron chi connectivity index (χ0n) is 17.8. The van der Waals surface area contributed by atoms with Gasteiger partial charge in [0, 0.05) is 25.0 Å². The minimum Gasteiger partial charge on any atom is -0.341 e. The first-order valence-corrected chi connectivity index (χ1v) is 11.7. The molecule has 1 aliphatic rings. The third kappa shape index (κ3) is 5.23. The van der Waals surface area contributed by atoms with Crippen molar-refractivity contribution in [2.45, 2.75) is 31.8 Å². The summed E-state index contributed by atoms with van der Waals surface area (Å²) in [7, 11) is 1.86. The molecule has 160 valence electrons. The Morgan fingerprint density at radius 2 is 1.68 bits per heavy atom. The Morgan fingerprint density at radius 3 is 2.35 bits per heavy atom. The highest BCUT2D eigenvalue weighted by Gasteiger charge is 2.36. The van der Waals surface area contributed by atoms with Gasteiger partial charge < -0.3 is 9.80 Å². The third-order valence-electron chi connectivity index (χ3n) is 5.98. The fraction of sp³-hybridized carbons (Fsp3) is 0.308. The van der Waals surface area contributed by atoms with Crippen LogP contribution in [0.25, 0.3) is 0 Å². The van der Waals surface area contributed by atoms with Crippen LogP contribution in [0.1, 0.15) is 34.9 Å². The quantitative estimate of drug-likeness (QED) is 0.554. The SMILES string of the molecule is CN(Cc1ccccc1)C(=O)C1CCC(c2ccccc2)N(C(=O)Cc2cccs2)C1. The van der Waals surface area contributed by atoms with Gasteiger partial charge in [-0.3, -0.25) is 9.59 Å². The van der Waals surface area contributed by atoms with E-state index in [4.69, 9.17) is 0 Å². The van der Waals surface area contributed by atoms with Crippen molar-refractivity contribution in [2.75, 3.05) is 13.6 Å². The second-order valence-electron chi connectivity index (χ2n) is 8.18. The molecule has 4 nitrogen and oxygen atoms in total. The Balaban J connectivity index is 1.50. The van der Waals surface area contributed by atoms with Crippen molar-refractivity contribution in [3.8, 4) is 0 Å². The molecule has 2 aromatic carbocycles. The van der Waals surface area contributed by atoms with E-state index in [-0.39, 0.29) is 23.8 Å². The largest absolute Gasteiger partial charge is 0.341 e. The Hall–Kier alpha value is -2.92. The van der Waals surface area contributed by atoms with Gasteiger partial charge in [-0.1, -0.05) is 66.7 Å². The summed E-state index contributed by atoms with van der Waals surface area (Å²) in [6.07, 6.45) is 1.98. The molecule has 0 aliphatic carbocycles. The molecule has 2 amide bonds. The van der Waals surface area contributed by atoms with Crippen LogP contribution in [0, 0.1) is 5.92 Å². The van der Waals surface area contributed by atoms with Gasteiger partial charge in [0.1, 0.15) is 0 Å². The number of carbonyl (C=O) groups is 2. The van der Waals surface area contributed by atoms with Crippen molar-refractivity contribution in [2.24, 2.45) is 5.92 Å². The number of amides is 2. The topological polar surface area (TPSA) is 40.6 Å². The van der Waals surface area contributed by atoms with Gasteiger partial charge in [0.15, 0.2) is 0 Å². The highest BCUT2D eigenvalue weighted by molar-refractivity contribution is 7.10. The van der Waals surface area contributed by atoms with Crippen molar-refractivity contribution in [3.05, 3.63) is 94.2 Å². The van der Waals surface area contributed by atoms with Gasteiger partial charge in [-0.2, -0.15) is 0 Å². The van der Waals surface area contributed by atoms with Gasteiger partial charge in [0.25, 0.3) is 0 Å². The number of benzene rings is 2. The second-order valence-corrected chi connectivity index (χ2v) is 9.22. The van der Waals surface area contributed by atoms with Crippen molar-refractivity contribution < 1.29 is 9.59 Å². The molecule has 31 heavy (non-hydrogen) atoms. The van der Waals surface area contributed by atoms with Crippen LogP contribution in [0.3, 0.4) is 0 Å². The average molecular weight is 433 g/mol. The molecule has 1 saturated heterocycles. The smallest absolute Gasteiger partial charge is 0.228 e. The van der Waals surface area contributed by atoms with Crippen LogP contribution in [-0.4, -0.2) is 35.2 Å². The molecular formula is C26H28N2O2S. The van der Waals surface area contributed by atoms with E-state index in [1.165, 1.54) is 0 Å². The molecule has 0 radical (unpaired) electrons. The van der Waals surface area contributed by atoms with Crippen LogP contribution in [0.15, 0.2) is 78.2 Å². The summed E-state index contributed by atoms with van der Waals surface area (Å²) in [6.45, 7) is 1.06. The summed E-state index contributed by atoms with van der Waals surface area (Å²) in [5.74, 6) is 0.0461. The number of hydrogen-bond acceptors (Lipinski definition) is 3. The van der Waals surface area contributed by atoms with Crippen LogP contribution < -0.4 is 0 Å². The molecule has 2 atom stereocenters. The predicted molar refractivity (Wildman–Crippen MR) is 125 cm³/mol. The molecule has 1 aromatic heterocycles. The maximum Gasteiger partial charge on any atom is 0.228 e. The molecule has 5 heteroatoms. The summed E-state index contributed by atoms with van der Waals surface area (Å²) in [5.41, 5.74) is 2.26. The maximum absolute atomic E-state index is 13.3. The van der Waals surface area contributed by atoms with E-state index in [0.717, 1.165) is 28.8 Å². The summed E-state index contributed by atoms with van der Waals surface area (Å²) in [4.78, 5) is 31.3.